The molecular formula is C9H16O3. The molecule has 0 spiro atoms. The predicted octanol–water partition coefficient (Wildman–Crippen LogP) is 0.894. The summed E-state index contributed by atoms with van der Waals surface area (Å²) in [5.41, 5.74) is 0. The van der Waals surface area contributed by atoms with E-state index in [1.54, 1.807) is 0 Å². The molecule has 1 saturated heterocycles. The molecule has 3 heteroatoms. The molecule has 70 valence electrons. The first-order valence-corrected chi connectivity index (χ1v) is 4.42. The molecule has 12 heavy (non-hydrogen) atoms. The second-order valence-corrected chi connectivity index (χ2v) is 3.54. The Balaban J connectivity index is 2.43. The van der Waals surface area contributed by atoms with E-state index >= 15 is 0 Å². The number of rotatable bonds is 2. The van der Waals surface area contributed by atoms with Gasteiger partial charge in [-0.15, -0.1) is 0 Å². The molecule has 1 fully saturated rings. The Kier molecular flexibility index (Phi) is 3.23. The van der Waals surface area contributed by atoms with E-state index in [1.165, 1.54) is 6.92 Å². The molecule has 1 aliphatic rings. The molecule has 0 unspecified atom stereocenters. The standard InChI is InChI=1S/C9H16O3/c1-6(10)5-9-8(11)4-3-7(2)12-9/h7-9,11H,3-5H2,1-2H3/t7-,8+,9+/m1/s1. The first kappa shape index (κ1) is 9.68. The number of aliphatic hydroxyl groups excluding tert-OH is 1. The zero-order valence-corrected chi connectivity index (χ0v) is 7.62. The first-order valence-electron chi connectivity index (χ1n) is 4.42. The zero-order valence-electron chi connectivity index (χ0n) is 7.62. The van der Waals surface area contributed by atoms with Crippen molar-refractivity contribution in [2.24, 2.45) is 0 Å². The third kappa shape index (κ3) is 2.57. The number of hydrogen-bond acceptors (Lipinski definition) is 3. The van der Waals surface area contributed by atoms with Crippen LogP contribution in [0.15, 0.2) is 0 Å². The lowest BCUT2D eigenvalue weighted by molar-refractivity contribution is -0.135. The zero-order chi connectivity index (χ0) is 9.14. The molecule has 0 bridgehead atoms. The van der Waals surface area contributed by atoms with E-state index in [-0.39, 0.29) is 18.0 Å². The minimum absolute atomic E-state index is 0.0770. The van der Waals surface area contributed by atoms with E-state index in [9.17, 15) is 9.90 Å². The SMILES string of the molecule is CC(=O)C[C@@H]1O[C@H](C)CC[C@@H]1O. The molecule has 1 N–H and O–H groups in total. The highest BCUT2D eigenvalue weighted by Gasteiger charge is 2.28. The smallest absolute Gasteiger partial charge is 0.132 e. The Bertz CT molecular complexity index is 167. The molecule has 0 aromatic heterocycles. The summed E-state index contributed by atoms with van der Waals surface area (Å²) in [6, 6.07) is 0. The van der Waals surface area contributed by atoms with Crippen LogP contribution in [0.2, 0.25) is 0 Å². The fourth-order valence-corrected chi connectivity index (χ4v) is 1.52. The van der Waals surface area contributed by atoms with Crippen LogP contribution in [0.1, 0.15) is 33.1 Å². The molecule has 0 saturated carbocycles. The Morgan fingerprint density at radius 3 is 2.83 bits per heavy atom. The van der Waals surface area contributed by atoms with E-state index in [2.05, 4.69) is 0 Å². The van der Waals surface area contributed by atoms with Crippen LogP contribution < -0.4 is 0 Å². The minimum atomic E-state index is -0.454. The van der Waals surface area contributed by atoms with Crippen molar-refractivity contribution in [1.29, 1.82) is 0 Å². The van der Waals surface area contributed by atoms with Crippen molar-refractivity contribution < 1.29 is 14.6 Å². The monoisotopic (exact) mass is 172 g/mol. The fourth-order valence-electron chi connectivity index (χ4n) is 1.52. The van der Waals surface area contributed by atoms with Crippen molar-refractivity contribution in [3.63, 3.8) is 0 Å². The normalized spacial score (nSPS) is 36.4. The quantitative estimate of drug-likeness (QED) is 0.673. The van der Waals surface area contributed by atoms with Crippen LogP contribution in [0.4, 0.5) is 0 Å². The van der Waals surface area contributed by atoms with Gasteiger partial charge in [0.2, 0.25) is 0 Å². The van der Waals surface area contributed by atoms with Gasteiger partial charge >= 0.3 is 0 Å². The summed E-state index contributed by atoms with van der Waals surface area (Å²) in [6.07, 6.45) is 1.43. The summed E-state index contributed by atoms with van der Waals surface area (Å²) in [7, 11) is 0. The molecule has 0 aromatic carbocycles. The van der Waals surface area contributed by atoms with Crippen LogP contribution in [-0.2, 0) is 9.53 Å². The third-order valence-corrected chi connectivity index (χ3v) is 2.19. The topological polar surface area (TPSA) is 46.5 Å². The van der Waals surface area contributed by atoms with Gasteiger partial charge in [-0.05, 0) is 26.7 Å². The third-order valence-electron chi connectivity index (χ3n) is 2.19. The fraction of sp³-hybridized carbons (Fsp3) is 0.889. The van der Waals surface area contributed by atoms with Crippen molar-refractivity contribution in [1.82, 2.24) is 0 Å². The number of ketones is 1. The number of hydrogen-bond donors (Lipinski definition) is 1. The lowest BCUT2D eigenvalue weighted by Gasteiger charge is -2.31. The highest BCUT2D eigenvalue weighted by Crippen LogP contribution is 2.21. The van der Waals surface area contributed by atoms with Crippen molar-refractivity contribution in [2.75, 3.05) is 0 Å². The number of carbonyl (C=O) groups excluding carboxylic acids is 1. The average Bonchev–Trinajstić information content (AvgIpc) is 1.96. The van der Waals surface area contributed by atoms with Gasteiger partial charge in [0, 0.05) is 6.42 Å². The second kappa shape index (κ2) is 4.01. The second-order valence-electron chi connectivity index (χ2n) is 3.54. The lowest BCUT2D eigenvalue weighted by atomic mass is 9.98. The van der Waals surface area contributed by atoms with Gasteiger partial charge in [-0.3, -0.25) is 4.79 Å². The highest BCUT2D eigenvalue weighted by atomic mass is 16.5. The van der Waals surface area contributed by atoms with Crippen molar-refractivity contribution in [2.45, 2.75) is 51.4 Å². The largest absolute Gasteiger partial charge is 0.390 e. The van der Waals surface area contributed by atoms with Gasteiger partial charge < -0.3 is 9.84 Å². The van der Waals surface area contributed by atoms with Gasteiger partial charge in [-0.25, -0.2) is 0 Å². The van der Waals surface area contributed by atoms with Gasteiger partial charge in [0.1, 0.15) is 5.78 Å². The summed E-state index contributed by atoms with van der Waals surface area (Å²) >= 11 is 0. The molecule has 0 amide bonds. The molecular weight excluding hydrogens is 156 g/mol. The van der Waals surface area contributed by atoms with Crippen LogP contribution in [-0.4, -0.2) is 29.2 Å². The number of carbonyl (C=O) groups is 1. The summed E-state index contributed by atoms with van der Waals surface area (Å²) in [5, 5.41) is 9.46. The molecule has 1 aliphatic heterocycles. The molecule has 1 heterocycles. The molecule has 1 rings (SSSR count). The Morgan fingerprint density at radius 1 is 1.58 bits per heavy atom. The van der Waals surface area contributed by atoms with Crippen LogP contribution in [0.3, 0.4) is 0 Å². The summed E-state index contributed by atoms with van der Waals surface area (Å²) in [4.78, 5) is 10.8. The average molecular weight is 172 g/mol. The lowest BCUT2D eigenvalue weighted by Crippen LogP contribution is -2.38. The minimum Gasteiger partial charge on any atom is -0.390 e. The molecule has 0 aromatic rings. The van der Waals surface area contributed by atoms with Crippen LogP contribution in [0.5, 0.6) is 0 Å². The Hall–Kier alpha value is -0.410. The van der Waals surface area contributed by atoms with E-state index in [4.69, 9.17) is 4.74 Å². The van der Waals surface area contributed by atoms with Crippen molar-refractivity contribution >= 4 is 5.78 Å². The van der Waals surface area contributed by atoms with Crippen molar-refractivity contribution in [3.8, 4) is 0 Å². The molecule has 3 atom stereocenters. The van der Waals surface area contributed by atoms with E-state index in [1.807, 2.05) is 6.92 Å². The Labute approximate surface area is 72.7 Å². The molecule has 0 radical (unpaired) electrons. The first-order chi connectivity index (χ1) is 5.59. The van der Waals surface area contributed by atoms with Crippen molar-refractivity contribution in [3.05, 3.63) is 0 Å². The van der Waals surface area contributed by atoms with Gasteiger partial charge in [-0.1, -0.05) is 0 Å². The maximum Gasteiger partial charge on any atom is 0.132 e. The van der Waals surface area contributed by atoms with Crippen LogP contribution in [0.25, 0.3) is 0 Å². The highest BCUT2D eigenvalue weighted by molar-refractivity contribution is 5.76. The van der Waals surface area contributed by atoms with Gasteiger partial charge in [0.15, 0.2) is 0 Å². The predicted molar refractivity (Wildman–Crippen MR) is 44.9 cm³/mol. The summed E-state index contributed by atoms with van der Waals surface area (Å²) in [6.45, 7) is 3.49. The summed E-state index contributed by atoms with van der Waals surface area (Å²) < 4.78 is 5.44. The number of ether oxygens (including phenoxy) is 1. The van der Waals surface area contributed by atoms with E-state index in [0.717, 1.165) is 12.8 Å². The molecule has 0 aliphatic carbocycles. The molecule has 3 nitrogen and oxygen atoms in total. The van der Waals surface area contributed by atoms with Gasteiger partial charge in [0.05, 0.1) is 18.3 Å². The van der Waals surface area contributed by atoms with Crippen LogP contribution >= 0.6 is 0 Å². The van der Waals surface area contributed by atoms with E-state index in [0.29, 0.717) is 6.42 Å². The Morgan fingerprint density at radius 2 is 2.25 bits per heavy atom. The van der Waals surface area contributed by atoms with Crippen LogP contribution in [0, 0.1) is 0 Å². The maximum atomic E-state index is 10.8. The van der Waals surface area contributed by atoms with Gasteiger partial charge in [-0.2, -0.15) is 0 Å². The summed E-state index contributed by atoms with van der Waals surface area (Å²) in [5.74, 6) is 0.0770. The maximum absolute atomic E-state index is 10.8. The van der Waals surface area contributed by atoms with E-state index < -0.39 is 6.10 Å². The number of aliphatic hydroxyl groups is 1. The number of Topliss-reactive ketones (excluding diaryl/α,β-unsaturated/α-hetero) is 1. The van der Waals surface area contributed by atoms with Gasteiger partial charge in [0.25, 0.3) is 0 Å².